The average Bonchev–Trinajstić information content (AvgIpc) is 2.76. The molecule has 0 saturated heterocycles. The fourth-order valence-electron chi connectivity index (χ4n) is 2.68. The van der Waals surface area contributed by atoms with Crippen molar-refractivity contribution in [1.29, 1.82) is 0 Å². The number of carbonyl (C=O) groups is 1. The van der Waals surface area contributed by atoms with Crippen molar-refractivity contribution in [3.63, 3.8) is 0 Å². The number of carboxylic acids is 1. The number of carboxylic acid groups (broad SMARTS) is 1. The van der Waals surface area contributed by atoms with Gasteiger partial charge in [0, 0.05) is 17.8 Å². The fourth-order valence-corrected chi connectivity index (χ4v) is 2.68. The first kappa shape index (κ1) is 19.9. The van der Waals surface area contributed by atoms with Crippen LogP contribution in [0.25, 0.3) is 0 Å². The van der Waals surface area contributed by atoms with Gasteiger partial charge in [-0.15, -0.1) is 0 Å². The monoisotopic (exact) mass is 391 g/mol. The predicted molar refractivity (Wildman–Crippen MR) is 111 cm³/mol. The molecule has 0 radical (unpaired) electrons. The summed E-state index contributed by atoms with van der Waals surface area (Å²) in [5, 5.41) is 9.00. The van der Waals surface area contributed by atoms with Crippen LogP contribution in [-0.2, 0) is 6.61 Å². The summed E-state index contributed by atoms with van der Waals surface area (Å²) in [6, 6.07) is 19.5. The molecule has 3 aromatic carbocycles. The Morgan fingerprint density at radius 2 is 1.76 bits per heavy atom. The van der Waals surface area contributed by atoms with Gasteiger partial charge in [-0.1, -0.05) is 24.3 Å². The summed E-state index contributed by atoms with van der Waals surface area (Å²) in [5.74, 6) is 0.913. The lowest BCUT2D eigenvalue weighted by Crippen LogP contribution is -2.02. The molecule has 6 heteroatoms. The third-order valence-corrected chi connectivity index (χ3v) is 4.22. The normalized spacial score (nSPS) is 10.7. The molecule has 0 fully saturated rings. The molecule has 0 aromatic heterocycles. The lowest BCUT2D eigenvalue weighted by atomic mass is 10.1. The summed E-state index contributed by atoms with van der Waals surface area (Å²) in [6.07, 6.45) is 1.71. The third-order valence-electron chi connectivity index (χ3n) is 4.22. The molecule has 0 aliphatic heterocycles. The minimum Gasteiger partial charge on any atom is -0.497 e. The zero-order chi connectivity index (χ0) is 20.6. The molecule has 0 unspecified atom stereocenters. The number of para-hydroxylation sites is 1. The van der Waals surface area contributed by atoms with Gasteiger partial charge in [0.25, 0.3) is 0 Å². The van der Waals surface area contributed by atoms with E-state index in [-0.39, 0.29) is 12.2 Å². The summed E-state index contributed by atoms with van der Waals surface area (Å²) >= 11 is 0. The van der Waals surface area contributed by atoms with Crippen LogP contribution in [0.5, 0.6) is 17.2 Å². The van der Waals surface area contributed by atoms with Crippen LogP contribution in [0.1, 0.15) is 21.5 Å². The van der Waals surface area contributed by atoms with Crippen LogP contribution in [0, 0.1) is 0 Å². The van der Waals surface area contributed by atoms with Crippen LogP contribution >= 0.6 is 0 Å². The Morgan fingerprint density at radius 1 is 1.00 bits per heavy atom. The van der Waals surface area contributed by atoms with E-state index in [1.165, 1.54) is 0 Å². The van der Waals surface area contributed by atoms with Gasteiger partial charge in [-0.25, -0.2) is 4.79 Å². The summed E-state index contributed by atoms with van der Waals surface area (Å²) in [5.41, 5.74) is 2.59. The molecule has 29 heavy (non-hydrogen) atoms. The number of rotatable bonds is 8. The molecule has 6 nitrogen and oxygen atoms in total. The lowest BCUT2D eigenvalue weighted by molar-refractivity contribution is 0.0697. The van der Waals surface area contributed by atoms with Crippen molar-refractivity contribution in [2.24, 2.45) is 4.99 Å². The minimum atomic E-state index is -0.960. The first-order valence-electron chi connectivity index (χ1n) is 8.91. The minimum absolute atomic E-state index is 0.233. The van der Waals surface area contributed by atoms with Crippen molar-refractivity contribution in [3.05, 3.63) is 83.4 Å². The van der Waals surface area contributed by atoms with E-state index in [4.69, 9.17) is 19.3 Å². The molecule has 0 amide bonds. The zero-order valence-electron chi connectivity index (χ0n) is 16.2. The number of aliphatic imine (C=N–C) groups is 1. The summed E-state index contributed by atoms with van der Waals surface area (Å²) in [6.45, 7) is 0.264. The largest absolute Gasteiger partial charge is 0.497 e. The number of hydrogen-bond acceptors (Lipinski definition) is 5. The molecule has 0 bridgehead atoms. The second-order valence-electron chi connectivity index (χ2n) is 6.13. The van der Waals surface area contributed by atoms with Gasteiger partial charge in [-0.05, 0) is 42.0 Å². The predicted octanol–water partition coefficient (Wildman–Crippen LogP) is 4.73. The standard InChI is InChI=1S/C23H21NO5/c1-27-20-7-4-6-19(13-20)24-14-18-5-3-8-21(28-2)22(18)29-15-16-9-11-17(12-10-16)23(25)26/h3-14H,15H2,1-2H3,(H,25,26). The third kappa shape index (κ3) is 5.13. The summed E-state index contributed by atoms with van der Waals surface area (Å²) < 4.78 is 16.6. The Morgan fingerprint density at radius 3 is 2.45 bits per heavy atom. The maximum Gasteiger partial charge on any atom is 0.335 e. The van der Waals surface area contributed by atoms with Crippen molar-refractivity contribution in [2.45, 2.75) is 6.61 Å². The lowest BCUT2D eigenvalue weighted by Gasteiger charge is -2.13. The van der Waals surface area contributed by atoms with E-state index in [1.54, 1.807) is 44.7 Å². The highest BCUT2D eigenvalue weighted by Gasteiger charge is 2.10. The highest BCUT2D eigenvalue weighted by molar-refractivity contribution is 5.88. The van der Waals surface area contributed by atoms with E-state index in [0.717, 1.165) is 22.6 Å². The molecule has 3 rings (SSSR count). The fraction of sp³-hybridized carbons (Fsp3) is 0.130. The van der Waals surface area contributed by atoms with Crippen molar-refractivity contribution >= 4 is 17.9 Å². The average molecular weight is 391 g/mol. The SMILES string of the molecule is COc1cccc(N=Cc2cccc(OC)c2OCc2ccc(C(=O)O)cc2)c1. The number of benzene rings is 3. The van der Waals surface area contributed by atoms with E-state index in [9.17, 15) is 4.79 Å². The Kier molecular flexibility index (Phi) is 6.47. The summed E-state index contributed by atoms with van der Waals surface area (Å²) in [7, 11) is 3.19. The van der Waals surface area contributed by atoms with Gasteiger partial charge in [0.15, 0.2) is 11.5 Å². The maximum absolute atomic E-state index is 11.0. The molecule has 3 aromatic rings. The van der Waals surface area contributed by atoms with Crippen LogP contribution in [-0.4, -0.2) is 31.5 Å². The number of methoxy groups -OCH3 is 2. The van der Waals surface area contributed by atoms with Gasteiger partial charge in [-0.2, -0.15) is 0 Å². The molecular formula is C23H21NO5. The number of nitrogens with zero attached hydrogens (tertiary/aromatic N) is 1. The van der Waals surface area contributed by atoms with Crippen molar-refractivity contribution in [3.8, 4) is 17.2 Å². The van der Waals surface area contributed by atoms with Crippen LogP contribution in [0.3, 0.4) is 0 Å². The topological polar surface area (TPSA) is 77.3 Å². The van der Waals surface area contributed by atoms with Gasteiger partial charge in [0.2, 0.25) is 0 Å². The van der Waals surface area contributed by atoms with Crippen LogP contribution in [0.15, 0.2) is 71.7 Å². The maximum atomic E-state index is 11.0. The highest BCUT2D eigenvalue weighted by Crippen LogP contribution is 2.31. The zero-order valence-corrected chi connectivity index (χ0v) is 16.2. The van der Waals surface area contributed by atoms with Crippen molar-refractivity contribution < 1.29 is 24.1 Å². The highest BCUT2D eigenvalue weighted by atomic mass is 16.5. The summed E-state index contributed by atoms with van der Waals surface area (Å²) in [4.78, 5) is 15.5. The van der Waals surface area contributed by atoms with Gasteiger partial charge in [-0.3, -0.25) is 4.99 Å². The van der Waals surface area contributed by atoms with Crippen molar-refractivity contribution in [1.82, 2.24) is 0 Å². The molecule has 0 spiro atoms. The molecule has 0 heterocycles. The molecule has 148 valence electrons. The smallest absolute Gasteiger partial charge is 0.335 e. The van der Waals surface area contributed by atoms with E-state index >= 15 is 0 Å². The Balaban J connectivity index is 1.82. The molecule has 0 saturated carbocycles. The molecule has 0 aliphatic rings. The molecule has 0 aliphatic carbocycles. The van der Waals surface area contributed by atoms with Crippen molar-refractivity contribution in [2.75, 3.05) is 14.2 Å². The Labute approximate surface area is 169 Å². The molecule has 0 atom stereocenters. The van der Waals surface area contributed by atoms with E-state index < -0.39 is 5.97 Å². The molecular weight excluding hydrogens is 370 g/mol. The van der Waals surface area contributed by atoms with Gasteiger partial charge < -0.3 is 19.3 Å². The Bertz CT molecular complexity index is 1010. The first-order chi connectivity index (χ1) is 14.1. The van der Waals surface area contributed by atoms with Crippen LogP contribution in [0.4, 0.5) is 5.69 Å². The number of ether oxygens (including phenoxy) is 3. The van der Waals surface area contributed by atoms with E-state index in [2.05, 4.69) is 4.99 Å². The number of aromatic carboxylic acids is 1. The quantitative estimate of drug-likeness (QED) is 0.562. The molecule has 1 N–H and O–H groups in total. The van der Waals surface area contributed by atoms with E-state index in [1.807, 2.05) is 42.5 Å². The van der Waals surface area contributed by atoms with Crippen LogP contribution in [0.2, 0.25) is 0 Å². The van der Waals surface area contributed by atoms with Gasteiger partial charge in [0.1, 0.15) is 12.4 Å². The second-order valence-corrected chi connectivity index (χ2v) is 6.13. The second kappa shape index (κ2) is 9.41. The van der Waals surface area contributed by atoms with E-state index in [0.29, 0.717) is 11.5 Å². The Hall–Kier alpha value is -3.80. The first-order valence-corrected chi connectivity index (χ1v) is 8.91. The van der Waals surface area contributed by atoms with Gasteiger partial charge >= 0.3 is 5.97 Å². The number of hydrogen-bond donors (Lipinski definition) is 1. The van der Waals surface area contributed by atoms with Gasteiger partial charge in [0.05, 0.1) is 25.5 Å². The van der Waals surface area contributed by atoms with Crippen LogP contribution < -0.4 is 14.2 Å².